The van der Waals surface area contributed by atoms with Gasteiger partial charge in [-0.1, -0.05) is 0 Å². The SMILES string of the molecule is CC(=O)N[C@H]1[C@H](O[C@H]2[C@@H](O)[C@@H](CO)O[C@@H](O[C@H]3[C@H](O)[C@@H](O)[C@@H](NC(C)=O)O[C@@H]3CO)[C@@H]2O)O[C@H](C(=O)O)[C@@H](O)[C@@H]1O. The third kappa shape index (κ3) is 7.28. The van der Waals surface area contributed by atoms with Gasteiger partial charge in [-0.15, -0.1) is 0 Å². The lowest BCUT2D eigenvalue weighted by Gasteiger charge is -2.48. The van der Waals surface area contributed by atoms with E-state index in [2.05, 4.69) is 10.6 Å². The standard InChI is InChI=1S/C22H36N2O17/c1-5(27)23-9-11(30)12(31)18(20(35)36)41-21(9)40-17-10(29)7(3-25)38-22(15(17)34)39-16-8(4-26)37-19(24-6(2)28)14(33)13(16)32/h7-19,21-22,25-26,29-34H,3-4H2,1-2H3,(H,23,27)(H,24,28)(H,35,36)/t7-,8-,9-,10+,11-,12+,13-,14-,15-,16-,17+,18+,19+,21-,22+/m1/s1. The fourth-order valence-corrected chi connectivity index (χ4v) is 4.78. The van der Waals surface area contributed by atoms with E-state index in [1.54, 1.807) is 0 Å². The average molecular weight is 601 g/mol. The van der Waals surface area contributed by atoms with E-state index in [4.69, 9.17) is 23.7 Å². The maximum Gasteiger partial charge on any atom is 0.335 e. The molecular formula is C22H36N2O17. The molecule has 3 fully saturated rings. The third-order valence-electron chi connectivity index (χ3n) is 6.83. The maximum absolute atomic E-state index is 11.7. The van der Waals surface area contributed by atoms with Crippen molar-refractivity contribution in [3.63, 3.8) is 0 Å². The number of carboxylic acids is 1. The van der Waals surface area contributed by atoms with Crippen LogP contribution >= 0.6 is 0 Å². The topological polar surface area (TPSA) is 303 Å². The molecule has 3 saturated heterocycles. The second-order valence-electron chi connectivity index (χ2n) is 9.84. The molecule has 2 amide bonds. The number of hydrogen-bond acceptors (Lipinski definition) is 16. The number of nitrogens with one attached hydrogen (secondary N) is 2. The van der Waals surface area contributed by atoms with E-state index in [0.717, 1.165) is 13.8 Å². The zero-order valence-electron chi connectivity index (χ0n) is 21.9. The Morgan fingerprint density at radius 1 is 0.659 bits per heavy atom. The van der Waals surface area contributed by atoms with E-state index in [1.165, 1.54) is 0 Å². The summed E-state index contributed by atoms with van der Waals surface area (Å²) >= 11 is 0. The van der Waals surface area contributed by atoms with Gasteiger partial charge in [-0.25, -0.2) is 4.79 Å². The van der Waals surface area contributed by atoms with Crippen LogP contribution in [0, 0.1) is 0 Å². The molecule has 15 atom stereocenters. The van der Waals surface area contributed by atoms with Crippen LogP contribution in [0.5, 0.6) is 0 Å². The number of hydrogen-bond donors (Lipinski definition) is 11. The zero-order valence-corrected chi connectivity index (χ0v) is 21.9. The molecule has 3 aliphatic heterocycles. The summed E-state index contributed by atoms with van der Waals surface area (Å²) in [6.45, 7) is 0.484. The summed E-state index contributed by atoms with van der Waals surface area (Å²) < 4.78 is 27.2. The Hall–Kier alpha value is -2.11. The molecule has 0 radical (unpaired) electrons. The molecule has 3 aliphatic rings. The largest absolute Gasteiger partial charge is 0.479 e. The molecule has 11 N–H and O–H groups in total. The van der Waals surface area contributed by atoms with Crippen LogP contribution in [-0.2, 0) is 38.1 Å². The molecule has 19 heteroatoms. The minimum Gasteiger partial charge on any atom is -0.479 e. The summed E-state index contributed by atoms with van der Waals surface area (Å²) in [5.74, 6) is -3.06. The Balaban J connectivity index is 1.85. The van der Waals surface area contributed by atoms with Gasteiger partial charge in [-0.05, 0) is 0 Å². The van der Waals surface area contributed by atoms with Gasteiger partial charge in [0.25, 0.3) is 0 Å². The van der Waals surface area contributed by atoms with E-state index in [0.29, 0.717) is 0 Å². The number of carboxylic acid groups (broad SMARTS) is 1. The van der Waals surface area contributed by atoms with Crippen molar-refractivity contribution in [1.82, 2.24) is 10.6 Å². The Labute approximate surface area is 232 Å². The van der Waals surface area contributed by atoms with Crippen LogP contribution in [0.15, 0.2) is 0 Å². The first-order valence-electron chi connectivity index (χ1n) is 12.6. The number of aliphatic hydroxyl groups is 8. The van der Waals surface area contributed by atoms with Crippen molar-refractivity contribution < 1.29 is 84.0 Å². The molecule has 41 heavy (non-hydrogen) atoms. The first-order chi connectivity index (χ1) is 19.2. The van der Waals surface area contributed by atoms with Gasteiger partial charge in [-0.2, -0.15) is 0 Å². The van der Waals surface area contributed by atoms with Gasteiger partial charge in [0.2, 0.25) is 11.8 Å². The number of rotatable bonds is 9. The van der Waals surface area contributed by atoms with Crippen molar-refractivity contribution in [2.75, 3.05) is 13.2 Å². The molecule has 0 unspecified atom stereocenters. The van der Waals surface area contributed by atoms with Crippen molar-refractivity contribution in [2.45, 2.75) is 106 Å². The Morgan fingerprint density at radius 3 is 1.78 bits per heavy atom. The van der Waals surface area contributed by atoms with Gasteiger partial charge < -0.3 is 80.3 Å². The Morgan fingerprint density at radius 2 is 1.24 bits per heavy atom. The van der Waals surface area contributed by atoms with Crippen LogP contribution in [-0.4, -0.2) is 169 Å². The molecule has 0 aliphatic carbocycles. The molecule has 0 aromatic rings. The van der Waals surface area contributed by atoms with Crippen molar-refractivity contribution in [3.8, 4) is 0 Å². The second kappa shape index (κ2) is 13.9. The van der Waals surface area contributed by atoms with E-state index in [1.807, 2.05) is 0 Å². The van der Waals surface area contributed by atoms with Crippen molar-refractivity contribution in [1.29, 1.82) is 0 Å². The number of aliphatic carboxylic acids is 1. The minimum atomic E-state index is -2.05. The molecule has 0 saturated carbocycles. The van der Waals surface area contributed by atoms with Crippen molar-refractivity contribution in [2.24, 2.45) is 0 Å². The van der Waals surface area contributed by atoms with E-state index < -0.39 is 123 Å². The predicted molar refractivity (Wildman–Crippen MR) is 125 cm³/mol. The summed E-state index contributed by atoms with van der Waals surface area (Å²) in [7, 11) is 0. The minimum absolute atomic E-state index is 0.617. The highest BCUT2D eigenvalue weighted by Crippen LogP contribution is 2.32. The highest BCUT2D eigenvalue weighted by Gasteiger charge is 2.54. The van der Waals surface area contributed by atoms with Gasteiger partial charge in [0.1, 0.15) is 67.1 Å². The summed E-state index contributed by atoms with van der Waals surface area (Å²) in [4.78, 5) is 34.7. The monoisotopic (exact) mass is 600 g/mol. The highest BCUT2D eigenvalue weighted by atomic mass is 16.7. The predicted octanol–water partition coefficient (Wildman–Crippen LogP) is -7.19. The molecule has 0 aromatic heterocycles. The maximum atomic E-state index is 11.7. The highest BCUT2D eigenvalue weighted by molar-refractivity contribution is 5.75. The number of carbonyl (C=O) groups excluding carboxylic acids is 2. The normalized spacial score (nSPS) is 45.1. The van der Waals surface area contributed by atoms with Gasteiger partial charge >= 0.3 is 5.97 Å². The van der Waals surface area contributed by atoms with Crippen LogP contribution in [0.3, 0.4) is 0 Å². The van der Waals surface area contributed by atoms with Crippen molar-refractivity contribution in [3.05, 3.63) is 0 Å². The van der Waals surface area contributed by atoms with Crippen LogP contribution in [0.25, 0.3) is 0 Å². The summed E-state index contributed by atoms with van der Waals surface area (Å²) in [6.07, 6.45) is -25.0. The summed E-state index contributed by atoms with van der Waals surface area (Å²) in [5, 5.41) is 96.8. The first kappa shape index (κ1) is 33.4. The van der Waals surface area contributed by atoms with E-state index >= 15 is 0 Å². The van der Waals surface area contributed by atoms with E-state index in [9.17, 15) is 60.3 Å². The van der Waals surface area contributed by atoms with E-state index in [-0.39, 0.29) is 0 Å². The summed E-state index contributed by atoms with van der Waals surface area (Å²) in [5.41, 5.74) is 0. The zero-order chi connectivity index (χ0) is 30.8. The smallest absolute Gasteiger partial charge is 0.335 e. The molecule has 236 valence electrons. The Bertz CT molecular complexity index is 925. The number of amides is 2. The third-order valence-corrected chi connectivity index (χ3v) is 6.83. The van der Waals surface area contributed by atoms with Gasteiger partial charge in [0.15, 0.2) is 24.9 Å². The quantitative estimate of drug-likeness (QED) is 0.117. The average Bonchev–Trinajstić information content (AvgIpc) is 2.90. The van der Waals surface area contributed by atoms with Gasteiger partial charge in [0.05, 0.1) is 13.2 Å². The van der Waals surface area contributed by atoms with Crippen LogP contribution in [0.4, 0.5) is 0 Å². The molecule has 0 bridgehead atoms. The molecule has 19 nitrogen and oxygen atoms in total. The lowest BCUT2D eigenvalue weighted by Crippen LogP contribution is -2.69. The summed E-state index contributed by atoms with van der Waals surface area (Å²) in [6, 6.07) is -1.60. The fraction of sp³-hybridized carbons (Fsp3) is 0.864. The number of aliphatic hydroxyl groups excluding tert-OH is 8. The lowest BCUT2D eigenvalue weighted by molar-refractivity contribution is -0.365. The van der Waals surface area contributed by atoms with Gasteiger partial charge in [-0.3, -0.25) is 9.59 Å². The molecule has 0 spiro atoms. The van der Waals surface area contributed by atoms with Crippen LogP contribution in [0.1, 0.15) is 13.8 Å². The molecule has 3 rings (SSSR count). The van der Waals surface area contributed by atoms with Crippen molar-refractivity contribution >= 4 is 17.8 Å². The lowest BCUT2D eigenvalue weighted by atomic mass is 9.94. The number of carbonyl (C=O) groups is 3. The second-order valence-corrected chi connectivity index (χ2v) is 9.84. The molecule has 0 aromatic carbocycles. The van der Waals surface area contributed by atoms with Crippen LogP contribution < -0.4 is 10.6 Å². The van der Waals surface area contributed by atoms with Crippen LogP contribution in [0.2, 0.25) is 0 Å². The first-order valence-corrected chi connectivity index (χ1v) is 12.6. The fourth-order valence-electron chi connectivity index (χ4n) is 4.78. The Kier molecular flexibility index (Phi) is 11.3. The van der Waals surface area contributed by atoms with Gasteiger partial charge in [0, 0.05) is 13.8 Å². The molecular weight excluding hydrogens is 564 g/mol. The molecule has 3 heterocycles. The number of ether oxygens (including phenoxy) is 5.